The van der Waals surface area contributed by atoms with Crippen molar-refractivity contribution in [3.05, 3.63) is 40.4 Å². The highest BCUT2D eigenvalue weighted by Gasteiger charge is 2.20. The average molecular weight is 469 g/mol. The molecule has 31 heavy (non-hydrogen) atoms. The SMILES string of the molecule is CCOc1cc(N2CCOCC2)c(OCC)cc1NC(=O)COc1ccc(Cl)cc1Cl. The highest BCUT2D eigenvalue weighted by Crippen LogP contribution is 2.39. The standard InChI is InChI=1S/C22H26Cl2N2O5/c1-3-29-20-13-18(26-7-9-28-10-8-26)21(30-4-2)12-17(20)25-22(27)14-31-19-6-5-15(23)11-16(19)24/h5-6,11-13H,3-4,7-10,14H2,1-2H3,(H,25,27). The van der Waals surface area contributed by atoms with Gasteiger partial charge in [-0.05, 0) is 32.0 Å². The Morgan fingerprint density at radius 3 is 2.39 bits per heavy atom. The van der Waals surface area contributed by atoms with Crippen LogP contribution in [0.2, 0.25) is 10.0 Å². The van der Waals surface area contributed by atoms with Gasteiger partial charge in [0.15, 0.2) is 6.61 Å². The van der Waals surface area contributed by atoms with Crippen molar-refractivity contribution < 1.29 is 23.7 Å². The third-order valence-electron chi connectivity index (χ3n) is 4.54. The van der Waals surface area contributed by atoms with E-state index in [1.54, 1.807) is 24.3 Å². The maximum Gasteiger partial charge on any atom is 0.262 e. The lowest BCUT2D eigenvalue weighted by Gasteiger charge is -2.31. The van der Waals surface area contributed by atoms with Crippen LogP contribution >= 0.6 is 23.2 Å². The normalized spacial score (nSPS) is 13.6. The van der Waals surface area contributed by atoms with Crippen LogP contribution in [0.3, 0.4) is 0 Å². The summed E-state index contributed by atoms with van der Waals surface area (Å²) in [4.78, 5) is 14.7. The number of halogens is 2. The summed E-state index contributed by atoms with van der Waals surface area (Å²) >= 11 is 12.0. The van der Waals surface area contributed by atoms with Gasteiger partial charge < -0.3 is 29.2 Å². The first-order valence-electron chi connectivity index (χ1n) is 10.2. The second kappa shape index (κ2) is 11.3. The molecule has 1 amide bonds. The predicted octanol–water partition coefficient (Wildman–Crippen LogP) is 4.64. The number of anilines is 2. The monoisotopic (exact) mass is 468 g/mol. The van der Waals surface area contributed by atoms with Crippen molar-refractivity contribution in [1.82, 2.24) is 0 Å². The van der Waals surface area contributed by atoms with Gasteiger partial charge in [-0.1, -0.05) is 23.2 Å². The number of nitrogens with zero attached hydrogens (tertiary/aromatic N) is 1. The van der Waals surface area contributed by atoms with Crippen LogP contribution in [-0.2, 0) is 9.53 Å². The van der Waals surface area contributed by atoms with Crippen molar-refractivity contribution in [3.63, 3.8) is 0 Å². The molecule has 1 N–H and O–H groups in total. The van der Waals surface area contributed by atoms with Crippen LogP contribution in [0.1, 0.15) is 13.8 Å². The molecule has 0 spiro atoms. The molecule has 0 radical (unpaired) electrons. The van der Waals surface area contributed by atoms with E-state index in [-0.39, 0.29) is 12.5 Å². The van der Waals surface area contributed by atoms with E-state index in [2.05, 4.69) is 10.2 Å². The zero-order valence-corrected chi connectivity index (χ0v) is 19.1. The molecule has 1 aliphatic rings. The van der Waals surface area contributed by atoms with E-state index >= 15 is 0 Å². The fraction of sp³-hybridized carbons (Fsp3) is 0.409. The van der Waals surface area contributed by atoms with Gasteiger partial charge in [-0.2, -0.15) is 0 Å². The summed E-state index contributed by atoms with van der Waals surface area (Å²) in [5, 5.41) is 3.67. The lowest BCUT2D eigenvalue weighted by atomic mass is 10.2. The Labute approximate surface area is 192 Å². The van der Waals surface area contributed by atoms with E-state index in [0.717, 1.165) is 18.8 Å². The minimum atomic E-state index is -0.353. The Morgan fingerprint density at radius 2 is 1.71 bits per heavy atom. The summed E-state index contributed by atoms with van der Waals surface area (Å²) in [6.45, 7) is 7.36. The number of ether oxygens (including phenoxy) is 4. The van der Waals surface area contributed by atoms with Crippen molar-refractivity contribution in [2.24, 2.45) is 0 Å². The molecule has 7 nitrogen and oxygen atoms in total. The summed E-state index contributed by atoms with van der Waals surface area (Å²) in [6, 6.07) is 8.50. The van der Waals surface area contributed by atoms with Gasteiger partial charge >= 0.3 is 0 Å². The number of nitrogens with one attached hydrogen (secondary N) is 1. The van der Waals surface area contributed by atoms with Crippen LogP contribution in [0.25, 0.3) is 0 Å². The maximum absolute atomic E-state index is 12.5. The molecule has 1 fully saturated rings. The first kappa shape index (κ1) is 23.3. The molecule has 3 rings (SSSR count). The molecule has 0 bridgehead atoms. The number of amides is 1. The molecule has 1 aliphatic heterocycles. The third kappa shape index (κ3) is 6.32. The van der Waals surface area contributed by atoms with E-state index < -0.39 is 0 Å². The predicted molar refractivity (Wildman–Crippen MR) is 122 cm³/mol. The summed E-state index contributed by atoms with van der Waals surface area (Å²) in [5.41, 5.74) is 1.42. The van der Waals surface area contributed by atoms with E-state index in [9.17, 15) is 4.79 Å². The van der Waals surface area contributed by atoms with Crippen LogP contribution in [0.15, 0.2) is 30.3 Å². The third-order valence-corrected chi connectivity index (χ3v) is 5.07. The van der Waals surface area contributed by atoms with Crippen LogP contribution in [-0.4, -0.2) is 52.0 Å². The smallest absolute Gasteiger partial charge is 0.262 e. The molecule has 168 valence electrons. The Morgan fingerprint density at radius 1 is 1.00 bits per heavy atom. The largest absolute Gasteiger partial charge is 0.492 e. The summed E-state index contributed by atoms with van der Waals surface area (Å²) in [5.74, 6) is 1.26. The second-order valence-electron chi connectivity index (χ2n) is 6.69. The van der Waals surface area contributed by atoms with Crippen molar-refractivity contribution in [3.8, 4) is 17.2 Å². The first-order valence-corrected chi connectivity index (χ1v) is 10.9. The lowest BCUT2D eigenvalue weighted by Crippen LogP contribution is -2.36. The van der Waals surface area contributed by atoms with Gasteiger partial charge in [0.25, 0.3) is 5.91 Å². The molecule has 2 aromatic rings. The van der Waals surface area contributed by atoms with Crippen LogP contribution in [0.4, 0.5) is 11.4 Å². The second-order valence-corrected chi connectivity index (χ2v) is 7.54. The van der Waals surface area contributed by atoms with E-state index in [1.165, 1.54) is 0 Å². The minimum Gasteiger partial charge on any atom is -0.492 e. The Bertz CT molecular complexity index is 904. The highest BCUT2D eigenvalue weighted by molar-refractivity contribution is 6.35. The Kier molecular flexibility index (Phi) is 8.51. The van der Waals surface area contributed by atoms with Gasteiger partial charge in [0.1, 0.15) is 17.2 Å². The maximum atomic E-state index is 12.5. The molecule has 0 saturated carbocycles. The number of hydrogen-bond donors (Lipinski definition) is 1. The quantitative estimate of drug-likeness (QED) is 0.577. The van der Waals surface area contributed by atoms with Crippen LogP contribution in [0.5, 0.6) is 17.2 Å². The molecule has 0 atom stereocenters. The van der Waals surface area contributed by atoms with Gasteiger partial charge in [0, 0.05) is 30.2 Å². The zero-order valence-electron chi connectivity index (χ0n) is 17.6. The van der Waals surface area contributed by atoms with Crippen LogP contribution in [0, 0.1) is 0 Å². The first-order chi connectivity index (χ1) is 15.0. The van der Waals surface area contributed by atoms with Crippen molar-refractivity contribution in [2.75, 3.05) is 56.3 Å². The zero-order chi connectivity index (χ0) is 22.2. The lowest BCUT2D eigenvalue weighted by molar-refractivity contribution is -0.118. The van der Waals surface area contributed by atoms with E-state index in [0.29, 0.717) is 59.4 Å². The van der Waals surface area contributed by atoms with Gasteiger partial charge in [-0.3, -0.25) is 4.79 Å². The molecule has 0 aliphatic carbocycles. The van der Waals surface area contributed by atoms with Crippen molar-refractivity contribution in [2.45, 2.75) is 13.8 Å². The summed E-state index contributed by atoms with van der Waals surface area (Å²) < 4.78 is 22.6. The van der Waals surface area contributed by atoms with E-state index in [4.69, 9.17) is 42.1 Å². The van der Waals surface area contributed by atoms with Gasteiger partial charge in [0.2, 0.25) is 0 Å². The molecule has 2 aromatic carbocycles. The Balaban J connectivity index is 1.77. The average Bonchev–Trinajstić information content (AvgIpc) is 2.75. The summed E-state index contributed by atoms with van der Waals surface area (Å²) in [6.07, 6.45) is 0. The number of benzene rings is 2. The van der Waals surface area contributed by atoms with Gasteiger partial charge in [0.05, 0.1) is 42.8 Å². The van der Waals surface area contributed by atoms with E-state index in [1.807, 2.05) is 19.9 Å². The number of hydrogen-bond acceptors (Lipinski definition) is 6. The fourth-order valence-electron chi connectivity index (χ4n) is 3.17. The van der Waals surface area contributed by atoms with Crippen molar-refractivity contribution >= 4 is 40.5 Å². The topological polar surface area (TPSA) is 69.3 Å². The molecular formula is C22H26Cl2N2O5. The fourth-order valence-corrected chi connectivity index (χ4v) is 3.63. The number of morpholine rings is 1. The minimum absolute atomic E-state index is 0.220. The molecule has 1 saturated heterocycles. The van der Waals surface area contributed by atoms with Crippen LogP contribution < -0.4 is 24.4 Å². The number of carbonyl (C=O) groups is 1. The number of rotatable bonds is 9. The van der Waals surface area contributed by atoms with Crippen molar-refractivity contribution in [1.29, 1.82) is 0 Å². The molecule has 1 heterocycles. The summed E-state index contributed by atoms with van der Waals surface area (Å²) in [7, 11) is 0. The highest BCUT2D eigenvalue weighted by atomic mass is 35.5. The molecular weight excluding hydrogens is 443 g/mol. The molecule has 9 heteroatoms. The Hall–Kier alpha value is -2.35. The van der Waals surface area contributed by atoms with Gasteiger partial charge in [-0.15, -0.1) is 0 Å². The molecule has 0 unspecified atom stereocenters. The van der Waals surface area contributed by atoms with Gasteiger partial charge in [-0.25, -0.2) is 0 Å². The molecule has 0 aromatic heterocycles. The number of carbonyl (C=O) groups excluding carboxylic acids is 1.